The maximum Gasteiger partial charge on any atom is 0.234 e. The van der Waals surface area contributed by atoms with Gasteiger partial charge in [-0.25, -0.2) is 0 Å². The van der Waals surface area contributed by atoms with E-state index in [-0.39, 0.29) is 23.3 Å². The highest BCUT2D eigenvalue weighted by Gasteiger charge is 2.41. The Labute approximate surface area is 234 Å². The van der Waals surface area contributed by atoms with E-state index in [1.165, 1.54) is 23.1 Å². The summed E-state index contributed by atoms with van der Waals surface area (Å²) in [6.07, 6.45) is 1.74. The Morgan fingerprint density at radius 1 is 1.26 bits per heavy atom. The highest BCUT2D eigenvalue weighted by molar-refractivity contribution is 8.01. The number of aromatic nitrogens is 2. The molecule has 3 N–H and O–H groups in total. The molecule has 0 spiro atoms. The molecule has 39 heavy (non-hydrogen) atoms. The molecular weight excluding hydrogens is 532 g/mol. The molecule has 1 unspecified atom stereocenters. The number of ketones is 1. The van der Waals surface area contributed by atoms with Gasteiger partial charge in [0.1, 0.15) is 11.6 Å². The first-order valence-electron chi connectivity index (χ1n) is 12.3. The number of anilines is 2. The average Bonchev–Trinajstić information content (AvgIpc) is 3.40. The van der Waals surface area contributed by atoms with Crippen molar-refractivity contribution in [2.75, 3.05) is 23.1 Å². The Morgan fingerprint density at radius 2 is 2.08 bits per heavy atom. The average molecular weight is 559 g/mol. The van der Waals surface area contributed by atoms with Crippen molar-refractivity contribution >= 4 is 45.6 Å². The molecule has 3 aromatic rings. The van der Waals surface area contributed by atoms with Crippen LogP contribution in [-0.4, -0.2) is 34.8 Å². The molecule has 9 nitrogen and oxygen atoms in total. The second-order valence-corrected chi connectivity index (χ2v) is 11.3. The third-order valence-corrected chi connectivity index (χ3v) is 8.63. The third-order valence-electron chi connectivity index (χ3n) is 6.58. The Balaban J connectivity index is 1.41. The first-order chi connectivity index (χ1) is 18.9. The predicted molar refractivity (Wildman–Crippen MR) is 151 cm³/mol. The smallest absolute Gasteiger partial charge is 0.234 e. The Hall–Kier alpha value is -4.14. The number of aryl methyl sites for hydroxylation is 1. The minimum absolute atomic E-state index is 0.0140. The summed E-state index contributed by atoms with van der Waals surface area (Å²) in [5.41, 5.74) is 10.8. The second-order valence-electron chi connectivity index (χ2n) is 9.12. The number of rotatable bonds is 7. The minimum atomic E-state index is -0.519. The van der Waals surface area contributed by atoms with Gasteiger partial charge >= 0.3 is 0 Å². The van der Waals surface area contributed by atoms with Crippen LogP contribution in [-0.2, 0) is 9.59 Å². The number of allylic oxidation sites excluding steroid dienone is 3. The van der Waals surface area contributed by atoms with Gasteiger partial charge in [-0.2, -0.15) is 5.26 Å². The van der Waals surface area contributed by atoms with Crippen molar-refractivity contribution in [1.82, 2.24) is 10.2 Å². The van der Waals surface area contributed by atoms with E-state index in [0.717, 1.165) is 16.8 Å². The molecule has 0 bridgehead atoms. The lowest BCUT2D eigenvalue weighted by Gasteiger charge is -2.38. The fourth-order valence-corrected chi connectivity index (χ4v) is 6.58. The SMILES string of the molecule is COc1ccccc1NC(=O)CSc1nnc(N2C(N)=C(C#N)C(c3cccc(C)c3)C3=C2CCCC3=O)s1. The van der Waals surface area contributed by atoms with E-state index in [2.05, 4.69) is 21.6 Å². The normalized spacial score (nSPS) is 17.1. The lowest BCUT2D eigenvalue weighted by Crippen LogP contribution is -2.38. The van der Waals surface area contributed by atoms with E-state index in [9.17, 15) is 14.9 Å². The van der Waals surface area contributed by atoms with Crippen LogP contribution >= 0.6 is 23.1 Å². The predicted octanol–water partition coefficient (Wildman–Crippen LogP) is 4.89. The van der Waals surface area contributed by atoms with Gasteiger partial charge in [-0.1, -0.05) is 65.1 Å². The summed E-state index contributed by atoms with van der Waals surface area (Å²) >= 11 is 2.50. The zero-order valence-corrected chi connectivity index (χ0v) is 23.1. The van der Waals surface area contributed by atoms with Gasteiger partial charge in [0.25, 0.3) is 0 Å². The fraction of sp³-hybridized carbons (Fsp3) is 0.250. The molecule has 5 rings (SSSR count). The zero-order chi connectivity index (χ0) is 27.5. The number of carbonyl (C=O) groups excluding carboxylic acids is 2. The van der Waals surface area contributed by atoms with E-state index in [1.54, 1.807) is 24.1 Å². The molecule has 0 fully saturated rings. The zero-order valence-electron chi connectivity index (χ0n) is 21.4. The van der Waals surface area contributed by atoms with Gasteiger partial charge in [0.05, 0.1) is 36.1 Å². The fourth-order valence-electron chi connectivity index (χ4n) is 4.90. The number of nitrogens with one attached hydrogen (secondary N) is 1. The Kier molecular flexibility index (Phi) is 7.67. The van der Waals surface area contributed by atoms with Gasteiger partial charge in [0.15, 0.2) is 10.1 Å². The number of methoxy groups -OCH3 is 1. The van der Waals surface area contributed by atoms with Crippen molar-refractivity contribution in [3.8, 4) is 11.8 Å². The first-order valence-corrected chi connectivity index (χ1v) is 14.1. The first kappa shape index (κ1) is 26.5. The molecule has 11 heteroatoms. The number of thioether (sulfide) groups is 1. The van der Waals surface area contributed by atoms with Crippen LogP contribution < -0.4 is 20.7 Å². The van der Waals surface area contributed by atoms with Crippen LogP contribution in [0.3, 0.4) is 0 Å². The number of para-hydroxylation sites is 2. The van der Waals surface area contributed by atoms with Gasteiger partial charge in [0, 0.05) is 17.7 Å². The van der Waals surface area contributed by atoms with Crippen LogP contribution in [0.2, 0.25) is 0 Å². The molecule has 0 saturated heterocycles. The molecule has 1 aliphatic carbocycles. The van der Waals surface area contributed by atoms with E-state index >= 15 is 0 Å². The van der Waals surface area contributed by atoms with Gasteiger partial charge in [-0.15, -0.1) is 10.2 Å². The topological polar surface area (TPSA) is 134 Å². The number of carbonyl (C=O) groups is 2. The molecule has 1 amide bonds. The molecule has 2 aromatic carbocycles. The number of nitrogens with two attached hydrogens (primary N) is 1. The maximum absolute atomic E-state index is 13.3. The summed E-state index contributed by atoms with van der Waals surface area (Å²) < 4.78 is 5.85. The van der Waals surface area contributed by atoms with E-state index in [0.29, 0.717) is 51.3 Å². The lowest BCUT2D eigenvalue weighted by molar-refractivity contribution is -0.116. The van der Waals surface area contributed by atoms with Crippen molar-refractivity contribution in [1.29, 1.82) is 5.26 Å². The van der Waals surface area contributed by atoms with Crippen LogP contribution in [0.15, 0.2) is 75.5 Å². The van der Waals surface area contributed by atoms with E-state index < -0.39 is 5.92 Å². The molecule has 1 aromatic heterocycles. The van der Waals surface area contributed by atoms with Crippen molar-refractivity contribution < 1.29 is 14.3 Å². The number of nitrogens with zero attached hydrogens (tertiary/aromatic N) is 4. The molecule has 0 saturated carbocycles. The van der Waals surface area contributed by atoms with Crippen molar-refractivity contribution in [3.05, 3.63) is 82.3 Å². The standard InChI is InChI=1S/C28H26N6O3S2/c1-16-7-5-8-17(13-16)24-18(14-29)26(30)34(20-10-6-11-21(35)25(20)24)27-32-33-28(39-27)38-15-23(36)31-19-9-3-4-12-22(19)37-2/h3-5,7-9,12-13,24H,6,10-11,15,30H2,1-2H3,(H,31,36). The highest BCUT2D eigenvalue weighted by atomic mass is 32.2. The summed E-state index contributed by atoms with van der Waals surface area (Å²) in [6.45, 7) is 1.98. The summed E-state index contributed by atoms with van der Waals surface area (Å²) in [4.78, 5) is 27.5. The molecule has 2 heterocycles. The molecule has 1 aliphatic heterocycles. The molecule has 1 atom stereocenters. The minimum Gasteiger partial charge on any atom is -0.495 e. The molecule has 0 radical (unpaired) electrons. The van der Waals surface area contributed by atoms with E-state index in [1.807, 2.05) is 43.3 Å². The van der Waals surface area contributed by atoms with Crippen molar-refractivity contribution in [2.45, 2.75) is 36.4 Å². The third kappa shape index (κ3) is 5.26. The number of hydrogen-bond acceptors (Lipinski definition) is 10. The van der Waals surface area contributed by atoms with Crippen molar-refractivity contribution in [2.24, 2.45) is 5.73 Å². The lowest BCUT2D eigenvalue weighted by atomic mass is 9.75. The number of Topliss-reactive ketones (excluding diaryl/α,β-unsaturated/α-hetero) is 1. The number of hydrogen-bond donors (Lipinski definition) is 2. The van der Waals surface area contributed by atoms with Crippen LogP contribution in [0.1, 0.15) is 36.3 Å². The molecule has 2 aliphatic rings. The second kappa shape index (κ2) is 11.3. The quantitative estimate of drug-likeness (QED) is 0.389. The largest absolute Gasteiger partial charge is 0.495 e. The van der Waals surface area contributed by atoms with Gasteiger partial charge in [-0.05, 0) is 37.5 Å². The van der Waals surface area contributed by atoms with Gasteiger partial charge in [0.2, 0.25) is 11.0 Å². The molecular formula is C28H26N6O3S2. The summed E-state index contributed by atoms with van der Waals surface area (Å²) in [6, 6.07) is 17.3. The number of amides is 1. The summed E-state index contributed by atoms with van der Waals surface area (Å²) in [7, 11) is 1.55. The number of benzene rings is 2. The van der Waals surface area contributed by atoms with Crippen LogP contribution in [0, 0.1) is 18.3 Å². The van der Waals surface area contributed by atoms with Gasteiger partial charge in [-0.3, -0.25) is 14.5 Å². The van der Waals surface area contributed by atoms with E-state index in [4.69, 9.17) is 10.5 Å². The van der Waals surface area contributed by atoms with Crippen LogP contribution in [0.25, 0.3) is 0 Å². The summed E-state index contributed by atoms with van der Waals surface area (Å²) in [5.74, 6) is 0.219. The number of ether oxygens (including phenoxy) is 1. The Morgan fingerprint density at radius 3 is 2.85 bits per heavy atom. The molecule has 198 valence electrons. The maximum atomic E-state index is 13.3. The van der Waals surface area contributed by atoms with Gasteiger partial charge < -0.3 is 15.8 Å². The van der Waals surface area contributed by atoms with Crippen LogP contribution in [0.5, 0.6) is 5.75 Å². The monoisotopic (exact) mass is 558 g/mol. The van der Waals surface area contributed by atoms with Crippen LogP contribution in [0.4, 0.5) is 10.8 Å². The Bertz CT molecular complexity index is 1550. The number of nitriles is 1. The summed E-state index contributed by atoms with van der Waals surface area (Å²) in [5, 5.41) is 22.1. The highest BCUT2D eigenvalue weighted by Crippen LogP contribution is 2.47. The van der Waals surface area contributed by atoms with Crippen molar-refractivity contribution in [3.63, 3.8) is 0 Å².